The maximum Gasteiger partial charge on any atom is 0.111 e. The van der Waals surface area contributed by atoms with Gasteiger partial charge in [-0.3, -0.25) is 0 Å². The third-order valence-corrected chi connectivity index (χ3v) is 2.28. The molecule has 4 heteroatoms. The minimum Gasteiger partial charge on any atom is -0.377 e. The summed E-state index contributed by atoms with van der Waals surface area (Å²) in [4.78, 5) is 0. The average Bonchev–Trinajstić information content (AvgIpc) is 2.24. The lowest BCUT2D eigenvalue weighted by Crippen LogP contribution is -2.44. The van der Waals surface area contributed by atoms with Crippen molar-refractivity contribution in [1.29, 1.82) is 0 Å². The quantitative estimate of drug-likeness (QED) is 0.581. The maximum absolute atomic E-state index is 5.84. The van der Waals surface area contributed by atoms with Crippen molar-refractivity contribution in [2.75, 3.05) is 13.2 Å². The monoisotopic (exact) mass is 242 g/mol. The van der Waals surface area contributed by atoms with E-state index in [4.69, 9.17) is 22.1 Å². The molecule has 0 bridgehead atoms. The first kappa shape index (κ1) is 16.9. The molecule has 0 heterocycles. The van der Waals surface area contributed by atoms with Gasteiger partial charge >= 0.3 is 0 Å². The molecule has 0 saturated heterocycles. The van der Waals surface area contributed by atoms with E-state index in [1.165, 1.54) is 0 Å². The average molecular weight is 242 g/mol. The molecular weight excluding hydrogens is 215 g/mol. The number of rotatable bonds is 9. The van der Waals surface area contributed by atoms with Crippen LogP contribution in [0.5, 0.6) is 0 Å². The summed E-state index contributed by atoms with van der Waals surface area (Å²) in [5.41, 5.74) is -0.482. The molecule has 0 spiro atoms. The second kappa shape index (κ2) is 8.12. The molecule has 0 aromatic carbocycles. The van der Waals surface area contributed by atoms with Crippen molar-refractivity contribution in [2.24, 2.45) is 0 Å². The predicted molar refractivity (Wildman–Crippen MR) is 71.5 cm³/mol. The Labute approximate surface area is 108 Å². The molecule has 0 aliphatic carbocycles. The highest BCUT2D eigenvalue weighted by Crippen LogP contribution is 2.17. The van der Waals surface area contributed by atoms with E-state index in [1.807, 2.05) is 41.5 Å². The molecule has 0 aliphatic heterocycles. The van der Waals surface area contributed by atoms with Gasteiger partial charge < -0.3 is 14.2 Å². The van der Waals surface area contributed by atoms with Crippen molar-refractivity contribution >= 4 is 7.85 Å². The van der Waals surface area contributed by atoms with Crippen LogP contribution in [-0.4, -0.2) is 44.9 Å². The van der Waals surface area contributed by atoms with Gasteiger partial charge in [0.1, 0.15) is 13.4 Å². The highest BCUT2D eigenvalue weighted by Gasteiger charge is 2.28. The lowest BCUT2D eigenvalue weighted by molar-refractivity contribution is -0.150. The van der Waals surface area contributed by atoms with E-state index in [1.54, 1.807) is 0 Å². The van der Waals surface area contributed by atoms with E-state index in [2.05, 4.69) is 0 Å². The van der Waals surface area contributed by atoms with Crippen LogP contribution in [0.15, 0.2) is 0 Å². The summed E-state index contributed by atoms with van der Waals surface area (Å²) in [5, 5.41) is 0. The molecular formula is C13H27BO3. The number of ether oxygens (including phenoxy) is 3. The highest BCUT2D eigenvalue weighted by molar-refractivity contribution is 6.10. The van der Waals surface area contributed by atoms with E-state index < -0.39 is 5.60 Å². The van der Waals surface area contributed by atoms with Gasteiger partial charge in [-0.1, -0.05) is 6.92 Å². The normalized spacial score (nSPS) is 14.6. The Morgan fingerprint density at radius 1 is 1.00 bits per heavy atom. The van der Waals surface area contributed by atoms with Crippen LogP contribution in [0.3, 0.4) is 0 Å². The fourth-order valence-electron chi connectivity index (χ4n) is 1.24. The van der Waals surface area contributed by atoms with Crippen LogP contribution in [0.4, 0.5) is 0 Å². The molecule has 0 aromatic rings. The Bertz CT molecular complexity index is 183. The lowest BCUT2D eigenvalue weighted by Gasteiger charge is -2.34. The molecule has 0 aliphatic rings. The molecule has 0 aromatic heterocycles. The minimum absolute atomic E-state index is 0.176. The third kappa shape index (κ3) is 8.64. The van der Waals surface area contributed by atoms with Gasteiger partial charge in [-0.15, -0.1) is 0 Å². The van der Waals surface area contributed by atoms with Gasteiger partial charge in [0.05, 0.1) is 25.4 Å². The molecule has 1 atom stereocenters. The van der Waals surface area contributed by atoms with Crippen molar-refractivity contribution in [1.82, 2.24) is 0 Å². The zero-order chi connectivity index (χ0) is 13.5. The molecule has 0 N–H and O–H groups in total. The molecule has 2 radical (unpaired) electrons. The molecule has 0 fully saturated rings. The summed E-state index contributed by atoms with van der Waals surface area (Å²) in [7, 11) is 5.84. The summed E-state index contributed by atoms with van der Waals surface area (Å²) in [6.45, 7) is 13.0. The van der Waals surface area contributed by atoms with Gasteiger partial charge in [-0.05, 0) is 41.0 Å². The molecule has 0 rings (SSSR count). The second-order valence-corrected chi connectivity index (χ2v) is 5.23. The third-order valence-electron chi connectivity index (χ3n) is 2.28. The van der Waals surface area contributed by atoms with Gasteiger partial charge in [-0.2, -0.15) is 0 Å². The van der Waals surface area contributed by atoms with Crippen LogP contribution in [-0.2, 0) is 14.2 Å². The second-order valence-electron chi connectivity index (χ2n) is 5.23. The summed E-state index contributed by atoms with van der Waals surface area (Å²) < 4.78 is 17.1. The minimum atomic E-state index is -0.482. The maximum atomic E-state index is 5.84. The topological polar surface area (TPSA) is 27.7 Å². The summed E-state index contributed by atoms with van der Waals surface area (Å²) in [5.74, 6) is 0. The van der Waals surface area contributed by atoms with Crippen molar-refractivity contribution in [3.05, 3.63) is 0 Å². The summed E-state index contributed by atoms with van der Waals surface area (Å²) in [6.07, 6.45) is 1.13. The first-order chi connectivity index (χ1) is 7.79. The van der Waals surface area contributed by atoms with E-state index in [0.717, 1.165) is 6.42 Å². The van der Waals surface area contributed by atoms with Crippen LogP contribution < -0.4 is 0 Å². The molecule has 17 heavy (non-hydrogen) atoms. The first-order valence-corrected chi connectivity index (χ1v) is 6.45. The Kier molecular flexibility index (Phi) is 8.09. The van der Waals surface area contributed by atoms with Gasteiger partial charge in [-0.25, -0.2) is 0 Å². The Balaban J connectivity index is 4.33. The molecule has 0 unspecified atom stereocenters. The van der Waals surface area contributed by atoms with Gasteiger partial charge in [0, 0.05) is 6.00 Å². The zero-order valence-corrected chi connectivity index (χ0v) is 12.2. The molecule has 0 saturated carbocycles. The van der Waals surface area contributed by atoms with Crippen LogP contribution in [0.25, 0.3) is 0 Å². The van der Waals surface area contributed by atoms with Crippen molar-refractivity contribution < 1.29 is 14.2 Å². The first-order valence-electron chi connectivity index (χ1n) is 6.45. The Morgan fingerprint density at radius 3 is 1.71 bits per heavy atom. The summed E-state index contributed by atoms with van der Waals surface area (Å²) >= 11 is 0. The van der Waals surface area contributed by atoms with E-state index >= 15 is 0 Å². The standard InChI is InChI=1S/C13H27BO3/c1-7-12(14)17-13(6,8-15-10(2)3)9-16-11(4)5/h10-12H,7-9H2,1-6H3/t12-/m1/s1. The summed E-state index contributed by atoms with van der Waals surface area (Å²) in [6, 6.07) is -0.272. The fraction of sp³-hybridized carbons (Fsp3) is 1.00. The SMILES string of the molecule is [B][C@@H](CC)OC(C)(COC(C)C)COC(C)C. The van der Waals surface area contributed by atoms with E-state index in [9.17, 15) is 0 Å². The molecule has 0 amide bonds. The Hall–Kier alpha value is -0.0551. The van der Waals surface area contributed by atoms with Crippen molar-refractivity contribution in [2.45, 2.75) is 71.8 Å². The molecule has 3 nitrogen and oxygen atoms in total. The van der Waals surface area contributed by atoms with E-state index in [-0.39, 0.29) is 18.2 Å². The smallest absolute Gasteiger partial charge is 0.111 e. The van der Waals surface area contributed by atoms with Crippen molar-refractivity contribution in [3.63, 3.8) is 0 Å². The molecule has 100 valence electrons. The van der Waals surface area contributed by atoms with E-state index in [0.29, 0.717) is 13.2 Å². The number of hydrogen-bond acceptors (Lipinski definition) is 3. The zero-order valence-electron chi connectivity index (χ0n) is 12.2. The highest BCUT2D eigenvalue weighted by atomic mass is 16.6. The number of hydrogen-bond donors (Lipinski definition) is 0. The van der Waals surface area contributed by atoms with Crippen LogP contribution in [0.2, 0.25) is 0 Å². The van der Waals surface area contributed by atoms with Crippen LogP contribution in [0.1, 0.15) is 48.0 Å². The lowest BCUT2D eigenvalue weighted by atomic mass is 9.96. The van der Waals surface area contributed by atoms with Crippen molar-refractivity contribution in [3.8, 4) is 0 Å². The Morgan fingerprint density at radius 2 is 1.41 bits per heavy atom. The van der Waals surface area contributed by atoms with Gasteiger partial charge in [0.2, 0.25) is 0 Å². The van der Waals surface area contributed by atoms with Gasteiger partial charge in [0.25, 0.3) is 0 Å². The largest absolute Gasteiger partial charge is 0.377 e. The predicted octanol–water partition coefficient (Wildman–Crippen LogP) is 2.52. The van der Waals surface area contributed by atoms with Crippen LogP contribution >= 0.6 is 0 Å². The van der Waals surface area contributed by atoms with Crippen LogP contribution in [0, 0.1) is 0 Å². The fourth-order valence-corrected chi connectivity index (χ4v) is 1.24. The van der Waals surface area contributed by atoms with Gasteiger partial charge in [0.15, 0.2) is 0 Å².